The largest absolute Gasteiger partial charge is 0.505 e. The highest BCUT2D eigenvalue weighted by Crippen LogP contribution is 2.43. The van der Waals surface area contributed by atoms with E-state index in [1.165, 1.54) is 0 Å². The van der Waals surface area contributed by atoms with E-state index in [4.69, 9.17) is 0 Å². The Kier molecular flexibility index (Phi) is 3.65. The lowest BCUT2D eigenvalue weighted by molar-refractivity contribution is 0.204. The van der Waals surface area contributed by atoms with Crippen LogP contribution in [-0.4, -0.2) is 44.7 Å². The van der Waals surface area contributed by atoms with Crippen molar-refractivity contribution in [2.24, 2.45) is 9.98 Å². The number of anilines is 1. The molecule has 4 unspecified atom stereocenters. The highest BCUT2D eigenvalue weighted by Gasteiger charge is 2.37. The van der Waals surface area contributed by atoms with Crippen molar-refractivity contribution in [1.29, 1.82) is 0 Å². The lowest BCUT2D eigenvalue weighted by Gasteiger charge is -2.36. The monoisotopic (exact) mass is 356 g/mol. The number of phenolic OH excluding ortho intramolecular Hbond substituents is 2. The topological polar surface area (TPSA) is 118 Å². The van der Waals surface area contributed by atoms with Crippen LogP contribution in [0.3, 0.4) is 0 Å². The molecule has 1 radical (unpaired) electrons. The summed E-state index contributed by atoms with van der Waals surface area (Å²) in [5.41, 5.74) is 2.79. The minimum absolute atomic E-state index is 0.0973. The Morgan fingerprint density at radius 1 is 0.885 bits per heavy atom. The number of aliphatic hydroxyl groups excluding tert-OH is 2. The first-order valence-corrected chi connectivity index (χ1v) is 8.65. The van der Waals surface area contributed by atoms with E-state index in [0.29, 0.717) is 28.0 Å². The number of aromatic hydroxyl groups is 2. The Balaban J connectivity index is 1.94. The predicted octanol–water partition coefficient (Wildman–Crippen LogP) is 0.431. The zero-order valence-electron chi connectivity index (χ0n) is 15.1. The molecule has 137 valence electrons. The number of hydrogen-bond acceptors (Lipinski definition) is 7. The molecule has 7 heteroatoms. The van der Waals surface area contributed by atoms with Gasteiger partial charge in [-0.2, -0.15) is 0 Å². The van der Waals surface area contributed by atoms with E-state index in [2.05, 4.69) is 15.3 Å². The second-order valence-electron chi connectivity index (χ2n) is 7.23. The molecule has 0 fully saturated rings. The number of aliphatic hydroxyl groups is 2. The van der Waals surface area contributed by atoms with Crippen molar-refractivity contribution in [2.45, 2.75) is 52.0 Å². The smallest absolute Gasteiger partial charge is 0.167 e. The van der Waals surface area contributed by atoms with Gasteiger partial charge in [0, 0.05) is 12.0 Å². The Hall–Kier alpha value is -2.38. The van der Waals surface area contributed by atoms with Crippen LogP contribution in [0, 0.1) is 6.42 Å². The van der Waals surface area contributed by atoms with E-state index in [1.54, 1.807) is 20.3 Å². The zero-order valence-corrected chi connectivity index (χ0v) is 15.1. The van der Waals surface area contributed by atoms with Gasteiger partial charge in [-0.3, -0.25) is 9.98 Å². The highest BCUT2D eigenvalue weighted by atomic mass is 16.3. The molecular weight excluding hydrogens is 334 g/mol. The first-order valence-electron chi connectivity index (χ1n) is 8.65. The summed E-state index contributed by atoms with van der Waals surface area (Å²) >= 11 is 0. The lowest BCUT2D eigenvalue weighted by atomic mass is 9.81. The minimum atomic E-state index is -0.920. The van der Waals surface area contributed by atoms with Gasteiger partial charge in [-0.15, -0.1) is 0 Å². The molecule has 0 spiro atoms. The molecule has 3 aliphatic rings. The Labute approximate surface area is 150 Å². The Bertz CT molecular complexity index is 930. The number of nitrogens with zero attached hydrogens (tertiary/aromatic N) is 2. The number of fused-ring (bicyclic) bond motifs is 2. The maximum Gasteiger partial charge on any atom is 0.167 e. The molecule has 2 heterocycles. The third kappa shape index (κ3) is 2.13. The summed E-state index contributed by atoms with van der Waals surface area (Å²) in [7, 11) is 0. The standard InChI is InChI=1S/C19H22N3O4/c1-6-7(2)17(24)12-10(16(6)23)5-11-13(22-12)19(26)15-14(18(11)25)20-8(3)9(4)21-15/h5,8-9,16-17,22-26H,1-4H3. The molecule has 0 amide bonds. The quantitative estimate of drug-likeness (QED) is 0.263. The summed E-state index contributed by atoms with van der Waals surface area (Å²) < 4.78 is 0. The van der Waals surface area contributed by atoms with E-state index in [0.717, 1.165) is 0 Å². The normalized spacial score (nSPS) is 29.9. The van der Waals surface area contributed by atoms with Crippen LogP contribution in [0.2, 0.25) is 0 Å². The van der Waals surface area contributed by atoms with Gasteiger partial charge in [-0.1, -0.05) is 0 Å². The van der Waals surface area contributed by atoms with Crippen molar-refractivity contribution < 1.29 is 20.4 Å². The number of benzene rings is 1. The number of rotatable bonds is 0. The maximum absolute atomic E-state index is 10.8. The molecular formula is C19H22N3O4. The molecule has 0 bridgehead atoms. The van der Waals surface area contributed by atoms with Crippen LogP contribution in [0.25, 0.3) is 0 Å². The second kappa shape index (κ2) is 5.56. The van der Waals surface area contributed by atoms with Crippen LogP contribution in [0.15, 0.2) is 32.4 Å². The van der Waals surface area contributed by atoms with Gasteiger partial charge < -0.3 is 25.7 Å². The first kappa shape index (κ1) is 17.1. The predicted molar refractivity (Wildman–Crippen MR) is 95.4 cm³/mol. The van der Waals surface area contributed by atoms with Crippen LogP contribution in [0.4, 0.5) is 5.69 Å². The second-order valence-corrected chi connectivity index (χ2v) is 7.23. The fourth-order valence-electron chi connectivity index (χ4n) is 3.62. The molecule has 4 rings (SSSR count). The third-order valence-corrected chi connectivity index (χ3v) is 5.68. The number of hydrogen-bond donors (Lipinski definition) is 5. The molecule has 2 aliphatic heterocycles. The van der Waals surface area contributed by atoms with Crippen molar-refractivity contribution >= 4 is 5.69 Å². The van der Waals surface area contributed by atoms with E-state index in [9.17, 15) is 20.4 Å². The summed E-state index contributed by atoms with van der Waals surface area (Å²) in [5, 5.41) is 46.1. The van der Waals surface area contributed by atoms with Gasteiger partial charge in [0.1, 0.15) is 22.6 Å². The molecule has 0 saturated heterocycles. The molecule has 1 aromatic rings. The lowest BCUT2D eigenvalue weighted by Crippen LogP contribution is -2.40. The van der Waals surface area contributed by atoms with Gasteiger partial charge in [0.25, 0.3) is 0 Å². The van der Waals surface area contributed by atoms with Gasteiger partial charge in [0.15, 0.2) is 5.75 Å². The molecule has 1 aliphatic carbocycles. The van der Waals surface area contributed by atoms with E-state index >= 15 is 0 Å². The van der Waals surface area contributed by atoms with Crippen LogP contribution in [-0.2, 0) is 0 Å². The SMILES string of the molecule is CC1=C(C)C(O)C2=C([CH]c3c(c(O)c4c(c3O)=NC(C)C(C)N=4)N2)C1O. The summed E-state index contributed by atoms with van der Waals surface area (Å²) in [4.78, 5) is 8.94. The van der Waals surface area contributed by atoms with Crippen molar-refractivity contribution in [3.8, 4) is 11.5 Å². The van der Waals surface area contributed by atoms with Crippen LogP contribution in [0.5, 0.6) is 11.5 Å². The van der Waals surface area contributed by atoms with Crippen molar-refractivity contribution in [3.63, 3.8) is 0 Å². The molecule has 5 N–H and O–H groups in total. The van der Waals surface area contributed by atoms with Gasteiger partial charge in [-0.05, 0) is 44.4 Å². The van der Waals surface area contributed by atoms with Crippen molar-refractivity contribution in [2.75, 3.05) is 5.32 Å². The summed E-state index contributed by atoms with van der Waals surface area (Å²) in [6.07, 6.45) is -0.221. The van der Waals surface area contributed by atoms with E-state index in [-0.39, 0.29) is 40.0 Å². The fourth-order valence-corrected chi connectivity index (χ4v) is 3.62. The van der Waals surface area contributed by atoms with Crippen LogP contribution < -0.4 is 16.0 Å². The molecule has 26 heavy (non-hydrogen) atoms. The molecule has 0 aromatic heterocycles. The van der Waals surface area contributed by atoms with Gasteiger partial charge in [-0.25, -0.2) is 0 Å². The van der Waals surface area contributed by atoms with Gasteiger partial charge in [0.2, 0.25) is 0 Å². The summed E-state index contributed by atoms with van der Waals surface area (Å²) in [5.74, 6) is -0.219. The molecule has 0 saturated carbocycles. The van der Waals surface area contributed by atoms with Gasteiger partial charge in [0.05, 0.1) is 29.6 Å². The average molecular weight is 356 g/mol. The Morgan fingerprint density at radius 2 is 1.42 bits per heavy atom. The fraction of sp³-hybridized carbons (Fsp3) is 0.421. The van der Waals surface area contributed by atoms with Gasteiger partial charge >= 0.3 is 0 Å². The molecule has 7 nitrogen and oxygen atoms in total. The van der Waals surface area contributed by atoms with E-state index < -0.39 is 12.2 Å². The van der Waals surface area contributed by atoms with Crippen molar-refractivity contribution in [3.05, 3.63) is 45.1 Å². The first-order chi connectivity index (χ1) is 12.2. The molecule has 4 atom stereocenters. The average Bonchev–Trinajstić information content (AvgIpc) is 2.63. The zero-order chi connectivity index (χ0) is 18.9. The maximum atomic E-state index is 10.8. The van der Waals surface area contributed by atoms with E-state index in [1.807, 2.05) is 13.8 Å². The number of phenols is 2. The molecule has 1 aromatic carbocycles. The number of nitrogens with one attached hydrogen (secondary N) is 1. The third-order valence-electron chi connectivity index (χ3n) is 5.68. The Morgan fingerprint density at radius 3 is 2.04 bits per heavy atom. The van der Waals surface area contributed by atoms with Crippen LogP contribution >= 0.6 is 0 Å². The van der Waals surface area contributed by atoms with Crippen LogP contribution in [0.1, 0.15) is 33.3 Å². The highest BCUT2D eigenvalue weighted by molar-refractivity contribution is 5.77. The summed E-state index contributed by atoms with van der Waals surface area (Å²) in [6.45, 7) is 7.31. The minimum Gasteiger partial charge on any atom is -0.505 e. The van der Waals surface area contributed by atoms with Crippen molar-refractivity contribution in [1.82, 2.24) is 0 Å². The summed E-state index contributed by atoms with van der Waals surface area (Å²) in [6, 6.07) is -0.241.